The molecule has 1 saturated heterocycles. The maximum atomic E-state index is 12.0. The van der Waals surface area contributed by atoms with E-state index < -0.39 is 0 Å². The number of rotatable bonds is 7. The predicted octanol–water partition coefficient (Wildman–Crippen LogP) is 1.61. The molecule has 2 aromatic rings. The van der Waals surface area contributed by atoms with Gasteiger partial charge < -0.3 is 19.6 Å². The second-order valence-corrected chi connectivity index (χ2v) is 5.71. The number of likely N-dealkylation sites (tertiary alicyclic amines) is 1. The molecule has 0 bridgehead atoms. The Morgan fingerprint density at radius 3 is 2.91 bits per heavy atom. The first-order valence-corrected chi connectivity index (χ1v) is 8.08. The van der Waals surface area contributed by atoms with Crippen molar-refractivity contribution in [2.24, 2.45) is 0 Å². The molecule has 0 radical (unpaired) electrons. The van der Waals surface area contributed by atoms with E-state index in [-0.39, 0.29) is 12.1 Å². The van der Waals surface area contributed by atoms with Crippen LogP contribution in [0.2, 0.25) is 0 Å². The third-order valence-corrected chi connectivity index (χ3v) is 4.12. The van der Waals surface area contributed by atoms with Gasteiger partial charge in [-0.1, -0.05) is 0 Å². The molecule has 2 amide bonds. The van der Waals surface area contributed by atoms with Gasteiger partial charge in [-0.2, -0.15) is 0 Å². The van der Waals surface area contributed by atoms with Crippen LogP contribution in [0.15, 0.2) is 41.5 Å². The summed E-state index contributed by atoms with van der Waals surface area (Å²) in [6.07, 6.45) is 9.43. The van der Waals surface area contributed by atoms with Crippen molar-refractivity contribution in [1.29, 1.82) is 0 Å². The Morgan fingerprint density at radius 2 is 2.22 bits per heavy atom. The number of hydrogen-bond donors (Lipinski definition) is 2. The molecular formula is C16H23N5O2. The Kier molecular flexibility index (Phi) is 5.31. The minimum atomic E-state index is -0.152. The molecule has 3 rings (SSSR count). The first-order chi connectivity index (χ1) is 11.3. The second kappa shape index (κ2) is 7.82. The number of urea groups is 1. The molecular weight excluding hydrogens is 294 g/mol. The standard InChI is InChI=1S/C16H23N5O2/c22-16(18-6-10-20-9-5-17-13-20)19-12-14(15-4-3-11-23-15)21-7-1-2-8-21/h3-5,9,11,13-14H,1-2,6-8,10,12H2,(H2,18,19,22). The maximum absolute atomic E-state index is 12.0. The van der Waals surface area contributed by atoms with Crippen molar-refractivity contribution >= 4 is 6.03 Å². The van der Waals surface area contributed by atoms with Crippen molar-refractivity contribution in [1.82, 2.24) is 25.1 Å². The highest BCUT2D eigenvalue weighted by molar-refractivity contribution is 5.73. The van der Waals surface area contributed by atoms with E-state index in [0.717, 1.165) is 18.8 Å². The van der Waals surface area contributed by atoms with Crippen LogP contribution in [0.1, 0.15) is 24.6 Å². The molecule has 7 heteroatoms. The zero-order valence-corrected chi connectivity index (χ0v) is 13.1. The van der Waals surface area contributed by atoms with Gasteiger partial charge in [0.2, 0.25) is 0 Å². The minimum absolute atomic E-state index is 0.104. The Morgan fingerprint density at radius 1 is 1.35 bits per heavy atom. The Labute approximate surface area is 135 Å². The zero-order chi connectivity index (χ0) is 15.9. The van der Waals surface area contributed by atoms with E-state index in [1.165, 1.54) is 12.8 Å². The van der Waals surface area contributed by atoms with Crippen LogP contribution in [-0.2, 0) is 6.54 Å². The highest BCUT2D eigenvalue weighted by Gasteiger charge is 2.25. The van der Waals surface area contributed by atoms with Crippen LogP contribution in [0.3, 0.4) is 0 Å². The van der Waals surface area contributed by atoms with Crippen LogP contribution >= 0.6 is 0 Å². The summed E-state index contributed by atoms with van der Waals surface area (Å²) in [4.78, 5) is 18.3. The Hall–Kier alpha value is -2.28. The van der Waals surface area contributed by atoms with Crippen LogP contribution < -0.4 is 10.6 Å². The fourth-order valence-corrected chi connectivity index (χ4v) is 2.91. The highest BCUT2D eigenvalue weighted by Crippen LogP contribution is 2.24. The monoisotopic (exact) mass is 317 g/mol. The molecule has 2 aromatic heterocycles. The van der Waals surface area contributed by atoms with E-state index in [0.29, 0.717) is 19.6 Å². The molecule has 0 spiro atoms. The van der Waals surface area contributed by atoms with Gasteiger partial charge in [0, 0.05) is 32.0 Å². The molecule has 23 heavy (non-hydrogen) atoms. The average Bonchev–Trinajstić information content (AvgIpc) is 3.31. The van der Waals surface area contributed by atoms with Gasteiger partial charge in [-0.3, -0.25) is 4.90 Å². The van der Waals surface area contributed by atoms with Gasteiger partial charge in [0.1, 0.15) is 5.76 Å². The smallest absolute Gasteiger partial charge is 0.314 e. The number of furan rings is 1. The second-order valence-electron chi connectivity index (χ2n) is 5.71. The van der Waals surface area contributed by atoms with E-state index in [9.17, 15) is 4.79 Å². The molecule has 124 valence electrons. The Balaban J connectivity index is 1.45. The third kappa shape index (κ3) is 4.35. The molecule has 1 unspecified atom stereocenters. The number of nitrogens with zero attached hydrogens (tertiary/aromatic N) is 3. The van der Waals surface area contributed by atoms with Crippen molar-refractivity contribution in [3.05, 3.63) is 42.9 Å². The van der Waals surface area contributed by atoms with Crippen LogP contribution in [0.4, 0.5) is 4.79 Å². The SMILES string of the molecule is O=C(NCCn1ccnc1)NCC(c1ccco1)N1CCCC1. The number of amides is 2. The van der Waals surface area contributed by atoms with Gasteiger partial charge in [-0.05, 0) is 38.1 Å². The van der Waals surface area contributed by atoms with E-state index in [1.54, 1.807) is 18.8 Å². The summed E-state index contributed by atoms with van der Waals surface area (Å²) >= 11 is 0. The van der Waals surface area contributed by atoms with E-state index in [2.05, 4.69) is 20.5 Å². The first kappa shape index (κ1) is 15.6. The lowest BCUT2D eigenvalue weighted by atomic mass is 10.2. The van der Waals surface area contributed by atoms with Gasteiger partial charge in [0.05, 0.1) is 18.6 Å². The molecule has 1 atom stereocenters. The summed E-state index contributed by atoms with van der Waals surface area (Å²) in [5.41, 5.74) is 0. The van der Waals surface area contributed by atoms with E-state index >= 15 is 0 Å². The van der Waals surface area contributed by atoms with E-state index in [4.69, 9.17) is 4.42 Å². The van der Waals surface area contributed by atoms with Gasteiger partial charge in [-0.25, -0.2) is 9.78 Å². The third-order valence-electron chi connectivity index (χ3n) is 4.12. The number of imidazole rings is 1. The molecule has 7 nitrogen and oxygen atoms in total. The van der Waals surface area contributed by atoms with Crippen molar-refractivity contribution in [2.75, 3.05) is 26.2 Å². The summed E-state index contributed by atoms with van der Waals surface area (Å²) in [7, 11) is 0. The van der Waals surface area contributed by atoms with Crippen molar-refractivity contribution < 1.29 is 9.21 Å². The van der Waals surface area contributed by atoms with Gasteiger partial charge in [-0.15, -0.1) is 0 Å². The van der Waals surface area contributed by atoms with Gasteiger partial charge in [0.25, 0.3) is 0 Å². The fraction of sp³-hybridized carbons (Fsp3) is 0.500. The molecule has 0 saturated carbocycles. The normalized spacial score (nSPS) is 16.3. The highest BCUT2D eigenvalue weighted by atomic mass is 16.3. The zero-order valence-electron chi connectivity index (χ0n) is 13.1. The van der Waals surface area contributed by atoms with Crippen molar-refractivity contribution in [2.45, 2.75) is 25.4 Å². The fourth-order valence-electron chi connectivity index (χ4n) is 2.91. The largest absolute Gasteiger partial charge is 0.468 e. The number of carbonyl (C=O) groups excluding carboxylic acids is 1. The lowest BCUT2D eigenvalue weighted by Gasteiger charge is -2.26. The van der Waals surface area contributed by atoms with Crippen molar-refractivity contribution in [3.8, 4) is 0 Å². The molecule has 0 aliphatic carbocycles. The lowest BCUT2D eigenvalue weighted by Crippen LogP contribution is -2.42. The molecule has 0 aromatic carbocycles. The summed E-state index contributed by atoms with van der Waals surface area (Å²) in [6.45, 7) is 3.92. The van der Waals surface area contributed by atoms with Crippen LogP contribution in [0.5, 0.6) is 0 Å². The van der Waals surface area contributed by atoms with Crippen LogP contribution in [0, 0.1) is 0 Å². The summed E-state index contributed by atoms with van der Waals surface area (Å²) in [6, 6.07) is 3.82. The summed E-state index contributed by atoms with van der Waals surface area (Å²) in [5.74, 6) is 0.908. The van der Waals surface area contributed by atoms with E-state index in [1.807, 2.05) is 22.9 Å². The number of nitrogens with one attached hydrogen (secondary N) is 2. The number of aromatic nitrogens is 2. The van der Waals surface area contributed by atoms with Crippen LogP contribution in [0.25, 0.3) is 0 Å². The molecule has 1 fully saturated rings. The first-order valence-electron chi connectivity index (χ1n) is 8.08. The van der Waals surface area contributed by atoms with Gasteiger partial charge in [0.15, 0.2) is 0 Å². The number of hydrogen-bond acceptors (Lipinski definition) is 4. The maximum Gasteiger partial charge on any atom is 0.314 e. The molecule has 3 heterocycles. The Bertz CT molecular complexity index is 576. The molecule has 1 aliphatic heterocycles. The quantitative estimate of drug-likeness (QED) is 0.813. The predicted molar refractivity (Wildman–Crippen MR) is 85.9 cm³/mol. The minimum Gasteiger partial charge on any atom is -0.468 e. The topological polar surface area (TPSA) is 75.3 Å². The van der Waals surface area contributed by atoms with Crippen molar-refractivity contribution in [3.63, 3.8) is 0 Å². The molecule has 1 aliphatic rings. The van der Waals surface area contributed by atoms with Crippen LogP contribution in [-0.4, -0.2) is 46.7 Å². The summed E-state index contributed by atoms with van der Waals surface area (Å²) in [5, 5.41) is 5.82. The molecule has 2 N–H and O–H groups in total. The lowest BCUT2D eigenvalue weighted by molar-refractivity contribution is 0.203. The van der Waals surface area contributed by atoms with Gasteiger partial charge >= 0.3 is 6.03 Å². The summed E-state index contributed by atoms with van der Waals surface area (Å²) < 4.78 is 7.47. The number of carbonyl (C=O) groups is 1. The average molecular weight is 317 g/mol.